The number of aromatic nitrogens is 1. The van der Waals surface area contributed by atoms with Gasteiger partial charge in [-0.15, -0.1) is 0 Å². The lowest BCUT2D eigenvalue weighted by molar-refractivity contribution is -0.127. The van der Waals surface area contributed by atoms with Crippen LogP contribution in [0.25, 0.3) is 6.08 Å². The van der Waals surface area contributed by atoms with Crippen molar-refractivity contribution in [2.75, 3.05) is 26.7 Å². The zero-order valence-corrected chi connectivity index (χ0v) is 16.8. The van der Waals surface area contributed by atoms with Crippen LogP contribution in [0.4, 0.5) is 0 Å². The van der Waals surface area contributed by atoms with Gasteiger partial charge in [-0.25, -0.2) is 0 Å². The summed E-state index contributed by atoms with van der Waals surface area (Å²) in [5, 5.41) is 0. The molecule has 1 saturated heterocycles. The standard InChI is InChI=1S/C23H29N3O2/c1-3-28-22-7-4-19(5-8-22)6-9-23(27)25(2)21-12-16-26(17-13-21)18-20-10-14-24-15-11-20/h4-11,14-15,21H,3,12-13,16-18H2,1-2H3/b9-6-. The average molecular weight is 380 g/mol. The van der Waals surface area contributed by atoms with Crippen LogP contribution >= 0.6 is 0 Å². The van der Waals surface area contributed by atoms with Gasteiger partial charge in [-0.2, -0.15) is 0 Å². The first-order valence-electron chi connectivity index (χ1n) is 9.94. The van der Waals surface area contributed by atoms with Crippen molar-refractivity contribution < 1.29 is 9.53 Å². The van der Waals surface area contributed by atoms with Crippen molar-refractivity contribution in [2.24, 2.45) is 0 Å². The SMILES string of the molecule is CCOc1ccc(/C=C\C(=O)N(C)C2CCN(Cc3ccncc3)CC2)cc1. The van der Waals surface area contributed by atoms with Crippen molar-refractivity contribution in [3.63, 3.8) is 0 Å². The Bertz CT molecular complexity index is 766. The van der Waals surface area contributed by atoms with Crippen LogP contribution in [0.15, 0.2) is 54.9 Å². The number of pyridine rings is 1. The van der Waals surface area contributed by atoms with E-state index >= 15 is 0 Å². The smallest absolute Gasteiger partial charge is 0.246 e. The molecule has 0 saturated carbocycles. The normalized spacial score (nSPS) is 15.6. The second-order valence-corrected chi connectivity index (χ2v) is 7.15. The van der Waals surface area contributed by atoms with E-state index in [1.807, 2.05) is 61.6 Å². The first-order chi connectivity index (χ1) is 13.7. The molecule has 0 bridgehead atoms. The summed E-state index contributed by atoms with van der Waals surface area (Å²) in [4.78, 5) is 20.9. The molecule has 0 atom stereocenters. The largest absolute Gasteiger partial charge is 0.494 e. The summed E-state index contributed by atoms with van der Waals surface area (Å²) in [7, 11) is 1.91. The lowest BCUT2D eigenvalue weighted by Gasteiger charge is -2.36. The highest BCUT2D eigenvalue weighted by Crippen LogP contribution is 2.18. The van der Waals surface area contributed by atoms with E-state index in [2.05, 4.69) is 22.0 Å². The molecule has 2 aromatic rings. The fourth-order valence-corrected chi connectivity index (χ4v) is 3.52. The summed E-state index contributed by atoms with van der Waals surface area (Å²) < 4.78 is 5.44. The van der Waals surface area contributed by atoms with Crippen molar-refractivity contribution in [2.45, 2.75) is 32.4 Å². The molecular formula is C23H29N3O2. The van der Waals surface area contributed by atoms with Crippen LogP contribution in [0.1, 0.15) is 30.9 Å². The Morgan fingerprint density at radius 3 is 2.50 bits per heavy atom. The molecule has 148 valence electrons. The number of ether oxygens (including phenoxy) is 1. The van der Waals surface area contributed by atoms with Crippen molar-refractivity contribution in [1.29, 1.82) is 0 Å². The fraction of sp³-hybridized carbons (Fsp3) is 0.391. The summed E-state index contributed by atoms with van der Waals surface area (Å²) in [6.45, 7) is 5.58. The highest BCUT2D eigenvalue weighted by molar-refractivity contribution is 5.91. The molecule has 0 aliphatic carbocycles. The summed E-state index contributed by atoms with van der Waals surface area (Å²) in [6, 6.07) is 12.2. The van der Waals surface area contributed by atoms with Crippen LogP contribution in [-0.2, 0) is 11.3 Å². The number of benzene rings is 1. The molecule has 0 N–H and O–H groups in total. The maximum atomic E-state index is 12.6. The quantitative estimate of drug-likeness (QED) is 0.690. The Balaban J connectivity index is 1.47. The number of hydrogen-bond acceptors (Lipinski definition) is 4. The molecule has 1 aliphatic heterocycles. The molecule has 1 amide bonds. The van der Waals surface area contributed by atoms with Crippen LogP contribution in [0.2, 0.25) is 0 Å². The van der Waals surface area contributed by atoms with Crippen molar-refractivity contribution >= 4 is 12.0 Å². The zero-order valence-electron chi connectivity index (χ0n) is 16.8. The van der Waals surface area contributed by atoms with Gasteiger partial charge in [0.1, 0.15) is 5.75 Å². The lowest BCUT2D eigenvalue weighted by Crippen LogP contribution is -2.44. The minimum absolute atomic E-state index is 0.0569. The van der Waals surface area contributed by atoms with Gasteiger partial charge >= 0.3 is 0 Å². The fourth-order valence-electron chi connectivity index (χ4n) is 3.52. The van der Waals surface area contributed by atoms with E-state index in [9.17, 15) is 4.79 Å². The Labute approximate surface area is 167 Å². The molecule has 0 radical (unpaired) electrons. The number of likely N-dealkylation sites (tertiary alicyclic amines) is 1. The molecule has 0 spiro atoms. The maximum Gasteiger partial charge on any atom is 0.246 e. The number of piperidine rings is 1. The summed E-state index contributed by atoms with van der Waals surface area (Å²) in [5.74, 6) is 0.906. The number of nitrogens with zero attached hydrogens (tertiary/aromatic N) is 3. The monoisotopic (exact) mass is 379 g/mol. The first-order valence-corrected chi connectivity index (χ1v) is 9.94. The highest BCUT2D eigenvalue weighted by Gasteiger charge is 2.24. The third-order valence-corrected chi connectivity index (χ3v) is 5.22. The number of likely N-dealkylation sites (N-methyl/N-ethyl adjacent to an activating group) is 1. The van der Waals surface area contributed by atoms with Gasteiger partial charge in [-0.1, -0.05) is 12.1 Å². The van der Waals surface area contributed by atoms with Gasteiger partial charge in [0.15, 0.2) is 0 Å². The summed E-state index contributed by atoms with van der Waals surface area (Å²) in [5.41, 5.74) is 2.29. The van der Waals surface area contributed by atoms with Gasteiger partial charge in [-0.3, -0.25) is 14.7 Å². The van der Waals surface area contributed by atoms with Gasteiger partial charge < -0.3 is 9.64 Å². The van der Waals surface area contributed by atoms with E-state index in [4.69, 9.17) is 4.74 Å². The number of carbonyl (C=O) groups excluding carboxylic acids is 1. The Morgan fingerprint density at radius 2 is 1.86 bits per heavy atom. The van der Waals surface area contributed by atoms with E-state index in [1.54, 1.807) is 6.08 Å². The third-order valence-electron chi connectivity index (χ3n) is 5.22. The molecule has 1 aromatic carbocycles. The Hall–Kier alpha value is -2.66. The van der Waals surface area contributed by atoms with Gasteiger partial charge in [0, 0.05) is 51.2 Å². The van der Waals surface area contributed by atoms with Crippen molar-refractivity contribution in [1.82, 2.24) is 14.8 Å². The Kier molecular flexibility index (Phi) is 7.20. The molecule has 0 unspecified atom stereocenters. The van der Waals surface area contributed by atoms with Gasteiger partial charge in [0.2, 0.25) is 5.91 Å². The van der Waals surface area contributed by atoms with Crippen LogP contribution in [-0.4, -0.2) is 53.5 Å². The minimum atomic E-state index is 0.0569. The third kappa shape index (κ3) is 5.67. The summed E-state index contributed by atoms with van der Waals surface area (Å²) in [6.07, 6.45) is 9.22. The topological polar surface area (TPSA) is 45.7 Å². The average Bonchev–Trinajstić information content (AvgIpc) is 2.74. The highest BCUT2D eigenvalue weighted by atomic mass is 16.5. The van der Waals surface area contributed by atoms with Crippen molar-refractivity contribution in [3.05, 3.63) is 66.0 Å². The Morgan fingerprint density at radius 1 is 1.18 bits per heavy atom. The molecule has 2 heterocycles. The molecule has 5 heteroatoms. The number of amides is 1. The maximum absolute atomic E-state index is 12.6. The van der Waals surface area contributed by atoms with Crippen LogP contribution in [0.5, 0.6) is 5.75 Å². The van der Waals surface area contributed by atoms with Crippen molar-refractivity contribution in [3.8, 4) is 5.75 Å². The predicted octanol–water partition coefficient (Wildman–Crippen LogP) is 3.62. The van der Waals surface area contributed by atoms with Gasteiger partial charge in [-0.05, 0) is 61.2 Å². The lowest BCUT2D eigenvalue weighted by atomic mass is 10.0. The summed E-state index contributed by atoms with van der Waals surface area (Å²) >= 11 is 0. The zero-order chi connectivity index (χ0) is 19.8. The minimum Gasteiger partial charge on any atom is -0.494 e. The second-order valence-electron chi connectivity index (χ2n) is 7.15. The van der Waals surface area contributed by atoms with Crippen LogP contribution in [0, 0.1) is 0 Å². The van der Waals surface area contributed by atoms with Gasteiger partial charge in [0.25, 0.3) is 0 Å². The molecule has 1 aliphatic rings. The first kappa shape index (κ1) is 20.1. The molecule has 1 aromatic heterocycles. The van der Waals surface area contributed by atoms with Gasteiger partial charge in [0.05, 0.1) is 6.61 Å². The van der Waals surface area contributed by atoms with E-state index in [1.165, 1.54) is 5.56 Å². The van der Waals surface area contributed by atoms with E-state index in [0.717, 1.165) is 43.8 Å². The number of rotatable bonds is 7. The van der Waals surface area contributed by atoms with Crippen LogP contribution < -0.4 is 4.74 Å². The predicted molar refractivity (Wildman–Crippen MR) is 112 cm³/mol. The second kappa shape index (κ2) is 10.0. The van der Waals surface area contributed by atoms with Crippen LogP contribution in [0.3, 0.4) is 0 Å². The van der Waals surface area contributed by atoms with E-state index in [0.29, 0.717) is 12.6 Å². The molecule has 1 fully saturated rings. The van der Waals surface area contributed by atoms with E-state index in [-0.39, 0.29) is 5.91 Å². The van der Waals surface area contributed by atoms with E-state index < -0.39 is 0 Å². The molecular weight excluding hydrogens is 350 g/mol. The molecule has 28 heavy (non-hydrogen) atoms. The number of carbonyl (C=O) groups is 1. The number of hydrogen-bond donors (Lipinski definition) is 0. The molecule has 5 nitrogen and oxygen atoms in total. The molecule has 3 rings (SSSR count).